The zero-order valence-electron chi connectivity index (χ0n) is 12.7. The molecule has 0 amide bonds. The number of nitrogens with one attached hydrogen (secondary N) is 1. The van der Waals surface area contributed by atoms with Crippen LogP contribution in [0.25, 0.3) is 0 Å². The Bertz CT molecular complexity index is 625. The van der Waals surface area contributed by atoms with Crippen LogP contribution in [0.15, 0.2) is 40.9 Å². The Balaban J connectivity index is 2.49. The zero-order valence-corrected chi connectivity index (χ0v) is 14.3. The molecule has 0 spiro atoms. The van der Waals surface area contributed by atoms with Crippen LogP contribution in [0.1, 0.15) is 41.6 Å². The third kappa shape index (κ3) is 3.92. The molecule has 21 heavy (non-hydrogen) atoms. The third-order valence-corrected chi connectivity index (χ3v) is 4.19. The van der Waals surface area contributed by atoms with Crippen molar-refractivity contribution >= 4 is 15.9 Å². The van der Waals surface area contributed by atoms with Gasteiger partial charge in [0.2, 0.25) is 0 Å². The van der Waals surface area contributed by atoms with E-state index >= 15 is 0 Å². The fourth-order valence-corrected chi connectivity index (χ4v) is 2.94. The number of aryl methyl sites for hydroxylation is 2. The third-order valence-electron chi connectivity index (χ3n) is 3.69. The predicted molar refractivity (Wildman–Crippen MR) is 90.2 cm³/mol. The number of halogens is 2. The molecule has 2 rings (SSSR count). The van der Waals surface area contributed by atoms with Crippen LogP contribution in [0, 0.1) is 19.7 Å². The van der Waals surface area contributed by atoms with Crippen molar-refractivity contribution in [1.82, 2.24) is 5.32 Å². The quantitative estimate of drug-likeness (QED) is 0.772. The van der Waals surface area contributed by atoms with Crippen molar-refractivity contribution in [2.24, 2.45) is 0 Å². The first kappa shape index (κ1) is 16.2. The topological polar surface area (TPSA) is 12.0 Å². The van der Waals surface area contributed by atoms with Crippen molar-refractivity contribution in [3.05, 3.63) is 68.9 Å². The maximum absolute atomic E-state index is 13.4. The molecular formula is C18H21BrFN. The summed E-state index contributed by atoms with van der Waals surface area (Å²) < 4.78 is 14.4. The molecule has 0 aliphatic rings. The highest BCUT2D eigenvalue weighted by atomic mass is 79.9. The lowest BCUT2D eigenvalue weighted by molar-refractivity contribution is 0.588. The van der Waals surface area contributed by atoms with Crippen molar-refractivity contribution in [3.63, 3.8) is 0 Å². The minimum Gasteiger partial charge on any atom is -0.306 e. The summed E-state index contributed by atoms with van der Waals surface area (Å²) >= 11 is 3.55. The van der Waals surface area contributed by atoms with Crippen LogP contribution in [0.4, 0.5) is 4.39 Å². The molecule has 1 N–H and O–H groups in total. The highest BCUT2D eigenvalue weighted by molar-refractivity contribution is 9.10. The van der Waals surface area contributed by atoms with Crippen molar-refractivity contribution in [3.8, 4) is 0 Å². The van der Waals surface area contributed by atoms with Gasteiger partial charge in [-0.15, -0.1) is 0 Å². The summed E-state index contributed by atoms with van der Waals surface area (Å²) in [6, 6.07) is 11.4. The van der Waals surface area contributed by atoms with E-state index in [2.05, 4.69) is 47.2 Å². The second kappa shape index (κ2) is 7.19. The molecule has 3 heteroatoms. The molecule has 1 unspecified atom stereocenters. The first-order valence-corrected chi connectivity index (χ1v) is 8.07. The van der Waals surface area contributed by atoms with Crippen molar-refractivity contribution in [1.29, 1.82) is 0 Å². The Morgan fingerprint density at radius 3 is 2.48 bits per heavy atom. The minimum atomic E-state index is -0.184. The minimum absolute atomic E-state index is 0.0862. The number of benzene rings is 2. The highest BCUT2D eigenvalue weighted by Gasteiger charge is 2.18. The number of rotatable bonds is 5. The summed E-state index contributed by atoms with van der Waals surface area (Å²) in [6.07, 6.45) is 1.06. The van der Waals surface area contributed by atoms with Gasteiger partial charge in [-0.05, 0) is 73.3 Å². The molecule has 1 atom stereocenters. The number of hydrogen-bond acceptors (Lipinski definition) is 1. The maximum atomic E-state index is 13.4. The smallest absolute Gasteiger partial charge is 0.123 e. The van der Waals surface area contributed by atoms with Gasteiger partial charge in [0.25, 0.3) is 0 Å². The fraction of sp³-hybridized carbons (Fsp3) is 0.333. The van der Waals surface area contributed by atoms with Crippen LogP contribution in [0.3, 0.4) is 0 Å². The van der Waals surface area contributed by atoms with Crippen molar-refractivity contribution in [2.75, 3.05) is 6.54 Å². The van der Waals surface area contributed by atoms with Gasteiger partial charge in [0.1, 0.15) is 5.82 Å². The Kier molecular flexibility index (Phi) is 5.54. The second-order valence-corrected chi connectivity index (χ2v) is 6.30. The second-order valence-electron chi connectivity index (χ2n) is 5.39. The van der Waals surface area contributed by atoms with E-state index in [0.717, 1.165) is 28.6 Å². The van der Waals surface area contributed by atoms with E-state index in [-0.39, 0.29) is 11.9 Å². The van der Waals surface area contributed by atoms with E-state index in [1.807, 2.05) is 19.1 Å². The Labute approximate surface area is 134 Å². The van der Waals surface area contributed by atoms with Gasteiger partial charge in [-0.1, -0.05) is 35.0 Å². The van der Waals surface area contributed by atoms with Gasteiger partial charge < -0.3 is 5.32 Å². The zero-order chi connectivity index (χ0) is 15.4. The number of hydrogen-bond donors (Lipinski definition) is 1. The van der Waals surface area contributed by atoms with Crippen molar-refractivity contribution in [2.45, 2.75) is 33.2 Å². The van der Waals surface area contributed by atoms with Crippen LogP contribution < -0.4 is 5.32 Å². The Hall–Kier alpha value is -1.19. The van der Waals surface area contributed by atoms with Crippen LogP contribution in [0.5, 0.6) is 0 Å². The van der Waals surface area contributed by atoms with E-state index in [1.54, 1.807) is 6.07 Å². The highest BCUT2D eigenvalue weighted by Crippen LogP contribution is 2.29. The van der Waals surface area contributed by atoms with E-state index in [0.29, 0.717) is 0 Å². The fourth-order valence-electron chi connectivity index (χ4n) is 2.56. The van der Waals surface area contributed by atoms with Gasteiger partial charge in [-0.25, -0.2) is 4.39 Å². The molecule has 0 saturated heterocycles. The van der Waals surface area contributed by atoms with E-state index in [4.69, 9.17) is 0 Å². The lowest BCUT2D eigenvalue weighted by Gasteiger charge is -2.23. The van der Waals surface area contributed by atoms with Gasteiger partial charge >= 0.3 is 0 Å². The molecule has 0 fully saturated rings. The SMILES string of the molecule is CCCNC(c1ccc(F)cc1C)c1cc(Br)ccc1C. The van der Waals surface area contributed by atoms with E-state index < -0.39 is 0 Å². The molecule has 2 aromatic carbocycles. The average molecular weight is 350 g/mol. The summed E-state index contributed by atoms with van der Waals surface area (Å²) in [7, 11) is 0. The lowest BCUT2D eigenvalue weighted by Crippen LogP contribution is -2.24. The molecule has 0 heterocycles. The first-order chi connectivity index (χ1) is 10.0. The molecule has 1 nitrogen and oxygen atoms in total. The molecule has 0 saturated carbocycles. The summed E-state index contributed by atoms with van der Waals surface area (Å²) in [5, 5.41) is 3.59. The summed E-state index contributed by atoms with van der Waals surface area (Å²) in [6.45, 7) is 7.15. The molecule has 0 aliphatic carbocycles. The normalized spacial score (nSPS) is 12.4. The first-order valence-electron chi connectivity index (χ1n) is 7.28. The Morgan fingerprint density at radius 2 is 1.81 bits per heavy atom. The van der Waals surface area contributed by atoms with Gasteiger partial charge in [0.05, 0.1) is 6.04 Å². The van der Waals surface area contributed by atoms with E-state index in [1.165, 1.54) is 17.2 Å². The monoisotopic (exact) mass is 349 g/mol. The largest absolute Gasteiger partial charge is 0.306 e. The standard InChI is InChI=1S/C18H21BrFN/c1-4-9-21-18(16-8-7-15(20)10-13(16)3)17-11-14(19)6-5-12(17)2/h5-8,10-11,18,21H,4,9H2,1-3H3. The molecule has 0 aromatic heterocycles. The van der Waals surface area contributed by atoms with Crippen LogP contribution in [0.2, 0.25) is 0 Å². The van der Waals surface area contributed by atoms with Crippen LogP contribution in [-0.2, 0) is 0 Å². The van der Waals surface area contributed by atoms with Gasteiger partial charge in [-0.3, -0.25) is 0 Å². The van der Waals surface area contributed by atoms with Gasteiger partial charge in [0.15, 0.2) is 0 Å². The molecule has 112 valence electrons. The molecule has 0 radical (unpaired) electrons. The summed E-state index contributed by atoms with van der Waals surface area (Å²) in [4.78, 5) is 0. The average Bonchev–Trinajstić information content (AvgIpc) is 2.44. The molecule has 0 aliphatic heterocycles. The van der Waals surface area contributed by atoms with Crippen LogP contribution in [-0.4, -0.2) is 6.54 Å². The van der Waals surface area contributed by atoms with Gasteiger partial charge in [0, 0.05) is 4.47 Å². The summed E-state index contributed by atoms with van der Waals surface area (Å²) in [5.74, 6) is -0.184. The molecular weight excluding hydrogens is 329 g/mol. The van der Waals surface area contributed by atoms with Crippen LogP contribution >= 0.6 is 15.9 Å². The molecule has 0 bridgehead atoms. The lowest BCUT2D eigenvalue weighted by atomic mass is 9.92. The van der Waals surface area contributed by atoms with Gasteiger partial charge in [-0.2, -0.15) is 0 Å². The summed E-state index contributed by atoms with van der Waals surface area (Å²) in [5.41, 5.74) is 4.57. The maximum Gasteiger partial charge on any atom is 0.123 e. The predicted octanol–water partition coefficient (Wildman–Crippen LogP) is 5.29. The van der Waals surface area contributed by atoms with Crippen molar-refractivity contribution < 1.29 is 4.39 Å². The Morgan fingerprint density at radius 1 is 1.05 bits per heavy atom. The van der Waals surface area contributed by atoms with E-state index in [9.17, 15) is 4.39 Å². The molecule has 2 aromatic rings.